The van der Waals surface area contributed by atoms with Gasteiger partial charge in [0.1, 0.15) is 12.8 Å². The van der Waals surface area contributed by atoms with Crippen LogP contribution in [0.4, 0.5) is 0 Å². The number of aromatic nitrogens is 1. The molecule has 124 valence electrons. The zero-order chi connectivity index (χ0) is 17.8. The summed E-state index contributed by atoms with van der Waals surface area (Å²) in [7, 11) is 2.05. The maximum Gasteiger partial charge on any atom is 0.256 e. The summed E-state index contributed by atoms with van der Waals surface area (Å²) in [6, 6.07) is 15.0. The molecule has 2 heterocycles. The number of hydrogen-bond acceptors (Lipinski definition) is 2. The molecule has 1 aliphatic heterocycles. The molecule has 2 aromatic carbocycles. The number of rotatable bonds is 2. The number of nitrogens with zero attached hydrogens (tertiary/aromatic N) is 2. The number of benzene rings is 2. The van der Waals surface area contributed by atoms with Crippen LogP contribution in [-0.4, -0.2) is 0 Å². The van der Waals surface area contributed by atoms with Crippen LogP contribution in [0.5, 0.6) is 11.5 Å². The van der Waals surface area contributed by atoms with Gasteiger partial charge in [0.25, 0.3) is 5.69 Å². The average molecular weight is 329 g/mol. The summed E-state index contributed by atoms with van der Waals surface area (Å²) in [5, 5.41) is 11.7. The Morgan fingerprint density at radius 3 is 2.72 bits per heavy atom. The molecule has 0 fully saturated rings. The van der Waals surface area contributed by atoms with E-state index in [-0.39, 0.29) is 0 Å². The smallest absolute Gasteiger partial charge is 0.256 e. The van der Waals surface area contributed by atoms with Crippen molar-refractivity contribution < 1.29 is 9.30 Å². The molecule has 0 saturated carbocycles. The number of aryl methyl sites for hydroxylation is 2. The van der Waals surface area contributed by atoms with Gasteiger partial charge in [0.05, 0.1) is 17.0 Å². The van der Waals surface area contributed by atoms with Crippen molar-refractivity contribution in [2.24, 2.45) is 12.5 Å². The van der Waals surface area contributed by atoms with Crippen LogP contribution >= 0.6 is 0 Å². The van der Waals surface area contributed by atoms with E-state index < -0.39 is 5.41 Å². The van der Waals surface area contributed by atoms with Crippen molar-refractivity contribution >= 4 is 10.8 Å². The van der Waals surface area contributed by atoms with Gasteiger partial charge in [-0.25, -0.2) is 0 Å². The lowest BCUT2D eigenvalue weighted by molar-refractivity contribution is -0.661. The van der Waals surface area contributed by atoms with E-state index in [0.29, 0.717) is 6.42 Å². The second-order valence-corrected chi connectivity index (χ2v) is 7.56. The fourth-order valence-corrected chi connectivity index (χ4v) is 3.74. The Kier molecular flexibility index (Phi) is 3.33. The van der Waals surface area contributed by atoms with Crippen molar-refractivity contribution in [3.05, 3.63) is 53.7 Å². The van der Waals surface area contributed by atoms with Crippen LogP contribution in [0, 0.1) is 23.7 Å². The SMILES string of the molecule is Cc1ccc2cccc3c2c1-c1c(cc(CC(C)(C)C#N)c[n+]1C)O3. The minimum Gasteiger partial charge on any atom is -0.450 e. The highest BCUT2D eigenvalue weighted by atomic mass is 16.5. The zero-order valence-electron chi connectivity index (χ0n) is 15.1. The van der Waals surface area contributed by atoms with Crippen molar-refractivity contribution in [3.8, 4) is 28.8 Å². The van der Waals surface area contributed by atoms with E-state index in [2.05, 4.69) is 55.1 Å². The van der Waals surface area contributed by atoms with Crippen molar-refractivity contribution in [2.45, 2.75) is 27.2 Å². The predicted octanol–water partition coefficient (Wildman–Crippen LogP) is 4.84. The van der Waals surface area contributed by atoms with Crippen LogP contribution in [0.3, 0.4) is 0 Å². The van der Waals surface area contributed by atoms with Gasteiger partial charge in [-0.2, -0.15) is 9.83 Å². The second-order valence-electron chi connectivity index (χ2n) is 7.56. The van der Waals surface area contributed by atoms with E-state index in [0.717, 1.165) is 22.8 Å². The van der Waals surface area contributed by atoms with Gasteiger partial charge in [-0.3, -0.25) is 0 Å². The maximum absolute atomic E-state index is 9.34. The summed E-state index contributed by atoms with van der Waals surface area (Å²) >= 11 is 0. The predicted molar refractivity (Wildman–Crippen MR) is 98.5 cm³/mol. The number of nitriles is 1. The summed E-state index contributed by atoms with van der Waals surface area (Å²) in [4.78, 5) is 0. The van der Waals surface area contributed by atoms with Crippen molar-refractivity contribution in [2.75, 3.05) is 0 Å². The Morgan fingerprint density at radius 1 is 1.16 bits per heavy atom. The highest BCUT2D eigenvalue weighted by molar-refractivity contribution is 6.03. The second kappa shape index (κ2) is 5.32. The molecular weight excluding hydrogens is 308 g/mol. The molecular formula is C22H21N2O+. The maximum atomic E-state index is 9.34. The molecule has 0 atom stereocenters. The first-order chi connectivity index (χ1) is 11.9. The highest BCUT2D eigenvalue weighted by Crippen LogP contribution is 2.46. The lowest BCUT2D eigenvalue weighted by Gasteiger charge is -2.22. The van der Waals surface area contributed by atoms with Crippen LogP contribution in [0.25, 0.3) is 22.0 Å². The minimum absolute atomic E-state index is 0.399. The van der Waals surface area contributed by atoms with E-state index in [1.54, 1.807) is 0 Å². The van der Waals surface area contributed by atoms with Crippen LogP contribution in [0.15, 0.2) is 42.6 Å². The highest BCUT2D eigenvalue weighted by Gasteiger charge is 2.30. The van der Waals surface area contributed by atoms with Crippen LogP contribution in [-0.2, 0) is 13.5 Å². The topological polar surface area (TPSA) is 36.9 Å². The molecule has 0 spiro atoms. The molecule has 3 aromatic rings. The summed E-state index contributed by atoms with van der Waals surface area (Å²) in [6.07, 6.45) is 2.81. The Hall–Kier alpha value is -2.86. The zero-order valence-corrected chi connectivity index (χ0v) is 15.1. The molecule has 4 rings (SSSR count). The quantitative estimate of drug-likeness (QED) is 0.494. The molecule has 3 heteroatoms. The van der Waals surface area contributed by atoms with Crippen molar-refractivity contribution in [1.82, 2.24) is 0 Å². The van der Waals surface area contributed by atoms with E-state index >= 15 is 0 Å². The number of pyridine rings is 1. The van der Waals surface area contributed by atoms with Crippen molar-refractivity contribution in [3.63, 3.8) is 0 Å². The third-order valence-corrected chi connectivity index (χ3v) is 4.88. The van der Waals surface area contributed by atoms with E-state index in [1.807, 2.05) is 26.0 Å². The molecule has 0 bridgehead atoms. The first-order valence-electron chi connectivity index (χ1n) is 8.54. The van der Waals surface area contributed by atoms with Gasteiger partial charge >= 0.3 is 0 Å². The molecule has 1 aromatic heterocycles. The Morgan fingerprint density at radius 2 is 1.96 bits per heavy atom. The fourth-order valence-electron chi connectivity index (χ4n) is 3.74. The summed E-state index contributed by atoms with van der Waals surface area (Å²) in [5.74, 6) is 1.77. The minimum atomic E-state index is -0.399. The molecule has 25 heavy (non-hydrogen) atoms. The third kappa shape index (κ3) is 2.46. The molecule has 0 aliphatic carbocycles. The summed E-state index contributed by atoms with van der Waals surface area (Å²) < 4.78 is 8.41. The monoisotopic (exact) mass is 329 g/mol. The van der Waals surface area contributed by atoms with E-state index in [1.165, 1.54) is 21.9 Å². The van der Waals surface area contributed by atoms with Crippen LogP contribution < -0.4 is 9.30 Å². The molecule has 0 amide bonds. The molecule has 0 saturated heterocycles. The molecule has 0 radical (unpaired) electrons. The lowest BCUT2D eigenvalue weighted by atomic mass is 9.87. The van der Waals surface area contributed by atoms with Crippen molar-refractivity contribution in [1.29, 1.82) is 5.26 Å². The van der Waals surface area contributed by atoms with Gasteiger partial charge < -0.3 is 4.74 Å². The molecule has 3 nitrogen and oxygen atoms in total. The Labute approximate surface area is 148 Å². The van der Waals surface area contributed by atoms with E-state index in [4.69, 9.17) is 4.74 Å². The number of hydrogen-bond donors (Lipinski definition) is 0. The van der Waals surface area contributed by atoms with Gasteiger partial charge in [0.2, 0.25) is 0 Å². The van der Waals surface area contributed by atoms with Gasteiger partial charge in [0, 0.05) is 10.9 Å². The Bertz CT molecular complexity index is 1060. The van der Waals surface area contributed by atoms with Crippen LogP contribution in [0.2, 0.25) is 0 Å². The first-order valence-corrected chi connectivity index (χ1v) is 8.54. The normalized spacial score (nSPS) is 12.4. The van der Waals surface area contributed by atoms with Crippen LogP contribution in [0.1, 0.15) is 25.0 Å². The standard InChI is InChI=1S/C22H21N2O/c1-14-8-9-16-6-5-7-17-20(16)19(14)21-18(25-17)10-15(12-24(21)4)11-22(2,3)13-23/h5-10,12H,11H2,1-4H3/q+1. The summed E-state index contributed by atoms with van der Waals surface area (Å²) in [6.45, 7) is 6.08. The molecule has 1 aliphatic rings. The van der Waals surface area contributed by atoms with Gasteiger partial charge in [-0.05, 0) is 50.3 Å². The van der Waals surface area contributed by atoms with Gasteiger partial charge in [-0.15, -0.1) is 0 Å². The van der Waals surface area contributed by atoms with Gasteiger partial charge in [-0.1, -0.05) is 24.3 Å². The third-order valence-electron chi connectivity index (χ3n) is 4.88. The Balaban J connectivity index is 1.97. The molecule has 0 unspecified atom stereocenters. The fraction of sp³-hybridized carbons (Fsp3) is 0.273. The average Bonchev–Trinajstić information content (AvgIpc) is 2.56. The molecule has 0 N–H and O–H groups in total. The lowest BCUT2D eigenvalue weighted by Crippen LogP contribution is -2.33. The van der Waals surface area contributed by atoms with Gasteiger partial charge in [0.15, 0.2) is 11.9 Å². The number of fused-ring (bicyclic) bond motifs is 2. The number of ether oxygens (including phenoxy) is 1. The summed E-state index contributed by atoms with van der Waals surface area (Å²) in [5.41, 5.74) is 4.29. The largest absolute Gasteiger partial charge is 0.450 e. The first kappa shape index (κ1) is 15.7. The van der Waals surface area contributed by atoms with E-state index in [9.17, 15) is 5.26 Å².